The van der Waals surface area contributed by atoms with E-state index in [0.717, 1.165) is 22.7 Å². The summed E-state index contributed by atoms with van der Waals surface area (Å²) in [5.41, 5.74) is 4.30. The number of hydrogen-bond donors (Lipinski definition) is 2. The summed E-state index contributed by atoms with van der Waals surface area (Å²) in [7, 11) is 0. The lowest BCUT2D eigenvalue weighted by molar-refractivity contribution is -0.121. The van der Waals surface area contributed by atoms with E-state index in [4.69, 9.17) is 0 Å². The third kappa shape index (κ3) is 6.77. The minimum absolute atomic E-state index is 0.0314. The summed E-state index contributed by atoms with van der Waals surface area (Å²) in [5, 5.41) is 14.9. The topological polar surface area (TPSA) is 84.0 Å². The first-order chi connectivity index (χ1) is 14.5. The molecule has 0 radical (unpaired) electrons. The van der Waals surface area contributed by atoms with Crippen molar-refractivity contribution in [3.05, 3.63) is 75.2 Å². The SMILES string of the molecule is Cc1ccc(CCNC(=O)CCCc2nnc(C(=O)Nc3ccc(C)cc3)s2)cc1. The third-order valence-electron chi connectivity index (χ3n) is 4.62. The van der Waals surface area contributed by atoms with Crippen LogP contribution in [0.25, 0.3) is 0 Å². The fourth-order valence-corrected chi connectivity index (χ4v) is 3.63. The van der Waals surface area contributed by atoms with E-state index in [2.05, 4.69) is 52.0 Å². The molecule has 0 unspecified atom stereocenters. The van der Waals surface area contributed by atoms with Gasteiger partial charge in [0.25, 0.3) is 5.91 Å². The molecule has 0 atom stereocenters. The van der Waals surface area contributed by atoms with Crippen molar-refractivity contribution in [1.82, 2.24) is 15.5 Å². The maximum Gasteiger partial charge on any atom is 0.286 e. The molecule has 0 saturated carbocycles. The van der Waals surface area contributed by atoms with Gasteiger partial charge in [-0.3, -0.25) is 9.59 Å². The maximum absolute atomic E-state index is 12.3. The Balaban J connectivity index is 1.36. The van der Waals surface area contributed by atoms with Gasteiger partial charge in [-0.25, -0.2) is 0 Å². The van der Waals surface area contributed by atoms with Crippen LogP contribution in [0.5, 0.6) is 0 Å². The minimum atomic E-state index is -0.267. The number of hydrogen-bond acceptors (Lipinski definition) is 5. The highest BCUT2D eigenvalue weighted by Gasteiger charge is 2.13. The molecule has 0 saturated heterocycles. The molecule has 7 heteroatoms. The van der Waals surface area contributed by atoms with E-state index >= 15 is 0 Å². The zero-order valence-corrected chi connectivity index (χ0v) is 18.1. The maximum atomic E-state index is 12.3. The fraction of sp³-hybridized carbons (Fsp3) is 0.304. The molecule has 0 spiro atoms. The van der Waals surface area contributed by atoms with E-state index < -0.39 is 0 Å². The second-order valence-corrected chi connectivity index (χ2v) is 8.32. The van der Waals surface area contributed by atoms with Gasteiger partial charge in [-0.05, 0) is 44.4 Å². The standard InChI is InChI=1S/C23H26N4O2S/c1-16-6-10-18(11-7-16)14-15-24-20(28)4-3-5-21-26-27-23(30-21)22(29)25-19-12-8-17(2)9-13-19/h6-13H,3-5,14-15H2,1-2H3,(H,24,28)(H,25,29). The number of rotatable bonds is 9. The first kappa shape index (κ1) is 21.6. The van der Waals surface area contributed by atoms with Crippen LogP contribution in [0.1, 0.15) is 44.3 Å². The van der Waals surface area contributed by atoms with E-state index in [-0.39, 0.29) is 11.8 Å². The molecule has 6 nitrogen and oxygen atoms in total. The average molecular weight is 423 g/mol. The Kier molecular flexibility index (Phi) is 7.68. The highest BCUT2D eigenvalue weighted by atomic mass is 32.1. The van der Waals surface area contributed by atoms with Crippen molar-refractivity contribution in [3.8, 4) is 0 Å². The van der Waals surface area contributed by atoms with Crippen molar-refractivity contribution in [1.29, 1.82) is 0 Å². The van der Waals surface area contributed by atoms with Crippen molar-refractivity contribution >= 4 is 28.8 Å². The molecule has 1 aromatic heterocycles. The van der Waals surface area contributed by atoms with Crippen LogP contribution in [0.2, 0.25) is 0 Å². The lowest BCUT2D eigenvalue weighted by atomic mass is 10.1. The molecular weight excluding hydrogens is 396 g/mol. The summed E-state index contributed by atoms with van der Waals surface area (Å²) in [4.78, 5) is 24.3. The highest BCUT2D eigenvalue weighted by molar-refractivity contribution is 7.13. The molecule has 3 rings (SSSR count). The number of aryl methyl sites for hydroxylation is 3. The number of carbonyl (C=O) groups is 2. The van der Waals surface area contributed by atoms with Crippen LogP contribution in [0.15, 0.2) is 48.5 Å². The number of amides is 2. The predicted molar refractivity (Wildman–Crippen MR) is 120 cm³/mol. The number of carbonyl (C=O) groups excluding carboxylic acids is 2. The zero-order chi connectivity index (χ0) is 21.3. The van der Waals surface area contributed by atoms with Gasteiger partial charge in [-0.2, -0.15) is 0 Å². The molecule has 2 amide bonds. The van der Waals surface area contributed by atoms with Crippen molar-refractivity contribution in [2.75, 3.05) is 11.9 Å². The molecule has 2 N–H and O–H groups in total. The molecule has 0 aliphatic rings. The van der Waals surface area contributed by atoms with Crippen LogP contribution in [0, 0.1) is 13.8 Å². The number of nitrogens with zero attached hydrogens (tertiary/aromatic N) is 2. The van der Waals surface area contributed by atoms with Crippen LogP contribution < -0.4 is 10.6 Å². The Bertz CT molecular complexity index is 981. The molecule has 0 fully saturated rings. The largest absolute Gasteiger partial charge is 0.356 e. The number of benzene rings is 2. The molecule has 0 aliphatic heterocycles. The molecule has 2 aromatic carbocycles. The first-order valence-electron chi connectivity index (χ1n) is 10.0. The molecule has 30 heavy (non-hydrogen) atoms. The normalized spacial score (nSPS) is 10.6. The van der Waals surface area contributed by atoms with E-state index in [9.17, 15) is 9.59 Å². The van der Waals surface area contributed by atoms with Crippen LogP contribution >= 0.6 is 11.3 Å². The fourth-order valence-electron chi connectivity index (χ4n) is 2.86. The predicted octanol–water partition coefficient (Wildman–Crippen LogP) is 4.09. The monoisotopic (exact) mass is 422 g/mol. The smallest absolute Gasteiger partial charge is 0.286 e. The summed E-state index contributed by atoms with van der Waals surface area (Å²) in [5.74, 6) is -0.236. The zero-order valence-electron chi connectivity index (χ0n) is 17.3. The van der Waals surface area contributed by atoms with E-state index in [0.29, 0.717) is 30.8 Å². The molecular formula is C23H26N4O2S. The van der Waals surface area contributed by atoms with Gasteiger partial charge < -0.3 is 10.6 Å². The van der Waals surface area contributed by atoms with Crippen LogP contribution in [0.4, 0.5) is 5.69 Å². The summed E-state index contributed by atoms with van der Waals surface area (Å²) < 4.78 is 0. The second-order valence-electron chi connectivity index (χ2n) is 7.26. The number of nitrogens with one attached hydrogen (secondary N) is 2. The lowest BCUT2D eigenvalue weighted by Gasteiger charge is -2.05. The van der Waals surface area contributed by atoms with Gasteiger partial charge in [0.05, 0.1) is 0 Å². The quantitative estimate of drug-likeness (QED) is 0.544. The second kappa shape index (κ2) is 10.6. The van der Waals surface area contributed by atoms with Gasteiger partial charge in [0.15, 0.2) is 0 Å². The Hall–Kier alpha value is -3.06. The Morgan fingerprint density at radius 3 is 2.27 bits per heavy atom. The van der Waals surface area contributed by atoms with Crippen molar-refractivity contribution in [2.24, 2.45) is 0 Å². The molecule has 3 aromatic rings. The number of anilines is 1. The van der Waals surface area contributed by atoms with Crippen LogP contribution in [-0.4, -0.2) is 28.6 Å². The summed E-state index contributed by atoms with van der Waals surface area (Å²) >= 11 is 1.27. The van der Waals surface area contributed by atoms with Gasteiger partial charge in [-0.15, -0.1) is 10.2 Å². The van der Waals surface area contributed by atoms with Gasteiger partial charge in [0.2, 0.25) is 10.9 Å². The van der Waals surface area contributed by atoms with Crippen molar-refractivity contribution in [3.63, 3.8) is 0 Å². The van der Waals surface area contributed by atoms with Crippen LogP contribution in [0.3, 0.4) is 0 Å². The van der Waals surface area contributed by atoms with E-state index in [1.54, 1.807) is 0 Å². The van der Waals surface area contributed by atoms with E-state index in [1.807, 2.05) is 31.2 Å². The number of aromatic nitrogens is 2. The molecule has 1 heterocycles. The van der Waals surface area contributed by atoms with Gasteiger partial charge in [0.1, 0.15) is 5.01 Å². The first-order valence-corrected chi connectivity index (χ1v) is 10.8. The van der Waals surface area contributed by atoms with Gasteiger partial charge >= 0.3 is 0 Å². The molecule has 0 aliphatic carbocycles. The van der Waals surface area contributed by atoms with Gasteiger partial charge in [-0.1, -0.05) is 58.9 Å². The summed E-state index contributed by atoms with van der Waals surface area (Å²) in [6.45, 7) is 4.68. The minimum Gasteiger partial charge on any atom is -0.356 e. The Morgan fingerprint density at radius 2 is 1.57 bits per heavy atom. The van der Waals surface area contributed by atoms with Gasteiger partial charge in [0, 0.05) is 25.1 Å². The summed E-state index contributed by atoms with van der Waals surface area (Å²) in [6, 6.07) is 15.9. The third-order valence-corrected chi connectivity index (χ3v) is 5.60. The molecule has 156 valence electrons. The Labute approximate surface area is 180 Å². The summed E-state index contributed by atoms with van der Waals surface area (Å²) in [6.07, 6.45) is 2.55. The Morgan fingerprint density at radius 1 is 0.900 bits per heavy atom. The average Bonchev–Trinajstić information content (AvgIpc) is 3.20. The van der Waals surface area contributed by atoms with Crippen LogP contribution in [-0.2, 0) is 17.6 Å². The molecule has 0 bridgehead atoms. The van der Waals surface area contributed by atoms with Crippen molar-refractivity contribution < 1.29 is 9.59 Å². The highest BCUT2D eigenvalue weighted by Crippen LogP contribution is 2.15. The van der Waals surface area contributed by atoms with E-state index in [1.165, 1.54) is 22.5 Å². The van der Waals surface area contributed by atoms with Crippen molar-refractivity contribution in [2.45, 2.75) is 39.5 Å². The lowest BCUT2D eigenvalue weighted by Crippen LogP contribution is -2.25.